The summed E-state index contributed by atoms with van der Waals surface area (Å²) in [6, 6.07) is 17.7. The van der Waals surface area contributed by atoms with Crippen molar-refractivity contribution in [1.29, 1.82) is 0 Å². The van der Waals surface area contributed by atoms with Gasteiger partial charge in [-0.05, 0) is 23.3 Å². The molecule has 2 heterocycles. The molecule has 2 aromatic carbocycles. The molecular weight excluding hydrogens is 292 g/mol. The summed E-state index contributed by atoms with van der Waals surface area (Å²) in [6.07, 6.45) is 0. The first-order chi connectivity index (χ1) is 10.9. The minimum absolute atomic E-state index is 0.275. The number of benzene rings is 2. The maximum absolute atomic E-state index is 5.43. The SMILES string of the molecule is c1ccc2c(c1)Sc1ccccc1C2NCN1CCOCC1. The Morgan fingerprint density at radius 2 is 1.55 bits per heavy atom. The summed E-state index contributed by atoms with van der Waals surface area (Å²) in [7, 11) is 0. The van der Waals surface area contributed by atoms with Gasteiger partial charge >= 0.3 is 0 Å². The Bertz CT molecular complexity index is 610. The lowest BCUT2D eigenvalue weighted by atomic mass is 9.98. The second kappa shape index (κ2) is 6.42. The first-order valence-electron chi connectivity index (χ1n) is 7.81. The van der Waals surface area contributed by atoms with Crippen LogP contribution in [-0.4, -0.2) is 37.9 Å². The van der Waals surface area contributed by atoms with Crippen LogP contribution in [0.2, 0.25) is 0 Å². The van der Waals surface area contributed by atoms with Crippen LogP contribution in [0, 0.1) is 0 Å². The van der Waals surface area contributed by atoms with Crippen molar-refractivity contribution in [2.45, 2.75) is 15.8 Å². The molecule has 2 aliphatic heterocycles. The molecule has 114 valence electrons. The fourth-order valence-electron chi connectivity index (χ4n) is 3.11. The van der Waals surface area contributed by atoms with Crippen molar-refractivity contribution >= 4 is 11.8 Å². The van der Waals surface area contributed by atoms with Crippen molar-refractivity contribution in [3.63, 3.8) is 0 Å². The molecule has 1 N–H and O–H groups in total. The predicted octanol–water partition coefficient (Wildman–Crippen LogP) is 3.12. The number of hydrogen-bond acceptors (Lipinski definition) is 4. The van der Waals surface area contributed by atoms with E-state index in [9.17, 15) is 0 Å². The normalized spacial score (nSPS) is 18.7. The lowest BCUT2D eigenvalue weighted by Gasteiger charge is -2.32. The molecule has 0 saturated carbocycles. The quantitative estimate of drug-likeness (QED) is 0.941. The standard InChI is InChI=1S/C18H20N2OS/c1-3-7-16-14(5-1)18(15-6-2-4-8-17(15)22-16)19-13-20-9-11-21-12-10-20/h1-8,18-19H,9-13H2. The van der Waals surface area contributed by atoms with Gasteiger partial charge in [-0.1, -0.05) is 48.2 Å². The van der Waals surface area contributed by atoms with Crippen molar-refractivity contribution < 1.29 is 4.74 Å². The maximum atomic E-state index is 5.43. The molecule has 0 spiro atoms. The summed E-state index contributed by atoms with van der Waals surface area (Å²) in [5, 5.41) is 3.76. The van der Waals surface area contributed by atoms with Crippen molar-refractivity contribution in [3.8, 4) is 0 Å². The number of fused-ring (bicyclic) bond motifs is 2. The zero-order valence-corrected chi connectivity index (χ0v) is 13.3. The van der Waals surface area contributed by atoms with E-state index in [2.05, 4.69) is 58.7 Å². The second-order valence-corrected chi connectivity index (χ2v) is 6.79. The number of hydrogen-bond donors (Lipinski definition) is 1. The van der Waals surface area contributed by atoms with Crippen molar-refractivity contribution in [1.82, 2.24) is 10.2 Å². The third-order valence-corrected chi connectivity index (χ3v) is 5.49. The van der Waals surface area contributed by atoms with Crippen molar-refractivity contribution in [2.75, 3.05) is 33.0 Å². The van der Waals surface area contributed by atoms with E-state index in [-0.39, 0.29) is 6.04 Å². The van der Waals surface area contributed by atoms with E-state index in [1.165, 1.54) is 20.9 Å². The van der Waals surface area contributed by atoms with Crippen LogP contribution in [-0.2, 0) is 4.74 Å². The number of nitrogens with one attached hydrogen (secondary N) is 1. The molecular formula is C18H20N2OS. The molecule has 4 rings (SSSR count). The maximum Gasteiger partial charge on any atom is 0.0608 e. The van der Waals surface area contributed by atoms with E-state index in [4.69, 9.17) is 4.74 Å². The molecule has 4 heteroatoms. The average Bonchev–Trinajstić information content (AvgIpc) is 2.59. The van der Waals surface area contributed by atoms with E-state index in [1.807, 2.05) is 11.8 Å². The Hall–Kier alpha value is -1.33. The summed E-state index contributed by atoms with van der Waals surface area (Å²) in [6.45, 7) is 4.61. The topological polar surface area (TPSA) is 24.5 Å². The van der Waals surface area contributed by atoms with E-state index in [0.717, 1.165) is 33.0 Å². The Labute approximate surface area is 135 Å². The third-order valence-electron chi connectivity index (χ3n) is 4.30. The molecule has 0 radical (unpaired) electrons. The number of nitrogens with zero attached hydrogens (tertiary/aromatic N) is 1. The lowest BCUT2D eigenvalue weighted by Crippen LogP contribution is -2.43. The van der Waals surface area contributed by atoms with Gasteiger partial charge in [-0.15, -0.1) is 0 Å². The van der Waals surface area contributed by atoms with Gasteiger partial charge in [0.25, 0.3) is 0 Å². The van der Waals surface area contributed by atoms with E-state index in [1.54, 1.807) is 0 Å². The molecule has 2 aromatic rings. The first kappa shape index (κ1) is 14.3. The summed E-state index contributed by atoms with van der Waals surface area (Å²) >= 11 is 1.87. The number of morpholine rings is 1. The third kappa shape index (κ3) is 2.79. The van der Waals surface area contributed by atoms with Gasteiger partial charge in [0, 0.05) is 29.5 Å². The molecule has 3 nitrogen and oxygen atoms in total. The Morgan fingerprint density at radius 1 is 0.955 bits per heavy atom. The Kier molecular flexibility index (Phi) is 4.17. The minimum Gasteiger partial charge on any atom is -0.379 e. The van der Waals surface area contributed by atoms with E-state index in [0.29, 0.717) is 0 Å². The van der Waals surface area contributed by atoms with Crippen LogP contribution in [0.3, 0.4) is 0 Å². The van der Waals surface area contributed by atoms with Crippen LogP contribution in [0.5, 0.6) is 0 Å². The fourth-order valence-corrected chi connectivity index (χ4v) is 4.25. The molecule has 0 bridgehead atoms. The number of ether oxygens (including phenoxy) is 1. The molecule has 1 saturated heterocycles. The van der Waals surface area contributed by atoms with Gasteiger partial charge in [-0.3, -0.25) is 10.2 Å². The van der Waals surface area contributed by atoms with Gasteiger partial charge in [0.15, 0.2) is 0 Å². The first-order valence-corrected chi connectivity index (χ1v) is 8.63. The van der Waals surface area contributed by atoms with E-state index >= 15 is 0 Å². The highest BCUT2D eigenvalue weighted by Gasteiger charge is 2.25. The molecule has 0 amide bonds. The zero-order valence-electron chi connectivity index (χ0n) is 12.5. The summed E-state index contributed by atoms with van der Waals surface area (Å²) < 4.78 is 5.43. The molecule has 0 aromatic heterocycles. The largest absolute Gasteiger partial charge is 0.379 e. The van der Waals surface area contributed by atoms with Crippen molar-refractivity contribution in [3.05, 3.63) is 59.7 Å². The van der Waals surface area contributed by atoms with Crippen LogP contribution in [0.25, 0.3) is 0 Å². The predicted molar refractivity (Wildman–Crippen MR) is 89.2 cm³/mol. The van der Waals surface area contributed by atoms with Gasteiger partial charge < -0.3 is 4.74 Å². The smallest absolute Gasteiger partial charge is 0.0608 e. The van der Waals surface area contributed by atoms with Crippen LogP contribution in [0.4, 0.5) is 0 Å². The molecule has 0 aliphatic carbocycles. The summed E-state index contributed by atoms with van der Waals surface area (Å²) in [5.41, 5.74) is 2.78. The van der Waals surface area contributed by atoms with Gasteiger partial charge in [0.05, 0.1) is 19.3 Å². The highest BCUT2D eigenvalue weighted by atomic mass is 32.2. The molecule has 0 unspecified atom stereocenters. The highest BCUT2D eigenvalue weighted by Crippen LogP contribution is 2.44. The monoisotopic (exact) mass is 312 g/mol. The van der Waals surface area contributed by atoms with E-state index < -0.39 is 0 Å². The molecule has 2 aliphatic rings. The van der Waals surface area contributed by atoms with Gasteiger partial charge in [0.2, 0.25) is 0 Å². The molecule has 1 fully saturated rings. The summed E-state index contributed by atoms with van der Waals surface area (Å²) in [5.74, 6) is 0. The highest BCUT2D eigenvalue weighted by molar-refractivity contribution is 7.99. The van der Waals surface area contributed by atoms with Gasteiger partial charge in [0.1, 0.15) is 0 Å². The minimum atomic E-state index is 0.275. The molecule has 0 atom stereocenters. The van der Waals surface area contributed by atoms with Crippen LogP contribution in [0.15, 0.2) is 58.3 Å². The average molecular weight is 312 g/mol. The molecule has 22 heavy (non-hydrogen) atoms. The zero-order chi connectivity index (χ0) is 14.8. The fraction of sp³-hybridized carbons (Fsp3) is 0.333. The van der Waals surface area contributed by atoms with Gasteiger partial charge in [-0.2, -0.15) is 0 Å². The second-order valence-electron chi connectivity index (χ2n) is 5.70. The summed E-state index contributed by atoms with van der Waals surface area (Å²) in [4.78, 5) is 5.15. The van der Waals surface area contributed by atoms with Crippen LogP contribution < -0.4 is 5.32 Å². The Morgan fingerprint density at radius 3 is 2.18 bits per heavy atom. The lowest BCUT2D eigenvalue weighted by molar-refractivity contribution is 0.0331. The van der Waals surface area contributed by atoms with Gasteiger partial charge in [-0.25, -0.2) is 0 Å². The van der Waals surface area contributed by atoms with Crippen LogP contribution in [0.1, 0.15) is 17.2 Å². The van der Waals surface area contributed by atoms with Crippen molar-refractivity contribution in [2.24, 2.45) is 0 Å². The Balaban J connectivity index is 1.60. The number of rotatable bonds is 3. The van der Waals surface area contributed by atoms with Crippen LogP contribution >= 0.6 is 11.8 Å².